The Bertz CT molecular complexity index is 1260. The van der Waals surface area contributed by atoms with Crippen LogP contribution in [0.4, 0.5) is 0 Å². The van der Waals surface area contributed by atoms with Crippen molar-refractivity contribution in [2.24, 2.45) is 12.0 Å². The number of methoxy groups -OCH3 is 1. The SMILES string of the molecule is CCOC(=O)CC1N=C(c2ccc(Cl)cc2)c2cc(OC)ccc2-c2cn(C)c(=O)cc21. The first-order valence-corrected chi connectivity index (χ1v) is 10.7. The zero-order valence-corrected chi connectivity index (χ0v) is 18.8. The maximum Gasteiger partial charge on any atom is 0.308 e. The Morgan fingerprint density at radius 1 is 1.09 bits per heavy atom. The summed E-state index contributed by atoms with van der Waals surface area (Å²) in [6.45, 7) is 2.04. The Morgan fingerprint density at radius 3 is 2.53 bits per heavy atom. The van der Waals surface area contributed by atoms with Gasteiger partial charge in [0.25, 0.3) is 5.56 Å². The lowest BCUT2D eigenvalue weighted by atomic mass is 9.91. The molecule has 2 aromatic carbocycles. The van der Waals surface area contributed by atoms with Crippen LogP contribution in [0, 0.1) is 0 Å². The molecular weight excluding hydrogens is 428 g/mol. The number of carbonyl (C=O) groups is 1. The van der Waals surface area contributed by atoms with Crippen LogP contribution in [0.15, 0.2) is 64.5 Å². The van der Waals surface area contributed by atoms with Crippen LogP contribution in [0.5, 0.6) is 5.75 Å². The van der Waals surface area contributed by atoms with Gasteiger partial charge in [0.2, 0.25) is 0 Å². The average Bonchev–Trinajstić information content (AvgIpc) is 2.90. The maximum atomic E-state index is 12.5. The first kappa shape index (κ1) is 21.8. The lowest BCUT2D eigenvalue weighted by Gasteiger charge is -2.16. The second kappa shape index (κ2) is 9.01. The molecule has 32 heavy (non-hydrogen) atoms. The highest BCUT2D eigenvalue weighted by Gasteiger charge is 2.28. The number of rotatable bonds is 5. The number of hydrogen-bond acceptors (Lipinski definition) is 5. The summed E-state index contributed by atoms with van der Waals surface area (Å²) in [6.07, 6.45) is 1.82. The molecule has 0 fully saturated rings. The van der Waals surface area contributed by atoms with Gasteiger partial charge in [0.05, 0.1) is 31.9 Å². The zero-order valence-electron chi connectivity index (χ0n) is 18.1. The summed E-state index contributed by atoms with van der Waals surface area (Å²) in [4.78, 5) is 30.0. The number of pyridine rings is 1. The summed E-state index contributed by atoms with van der Waals surface area (Å²) < 4.78 is 12.2. The van der Waals surface area contributed by atoms with E-state index in [2.05, 4.69) is 0 Å². The third-order valence-electron chi connectivity index (χ3n) is 5.46. The normalized spacial score (nSPS) is 14.6. The third-order valence-corrected chi connectivity index (χ3v) is 5.71. The van der Waals surface area contributed by atoms with E-state index in [1.165, 1.54) is 4.57 Å². The molecule has 0 spiro atoms. The number of aryl methyl sites for hydroxylation is 1. The third kappa shape index (κ3) is 4.18. The number of benzene rings is 2. The molecule has 0 amide bonds. The van der Waals surface area contributed by atoms with Crippen molar-refractivity contribution in [3.05, 3.63) is 86.8 Å². The number of esters is 1. The van der Waals surface area contributed by atoms with Crippen molar-refractivity contribution in [1.29, 1.82) is 0 Å². The fourth-order valence-electron chi connectivity index (χ4n) is 3.89. The van der Waals surface area contributed by atoms with Gasteiger partial charge in [-0.3, -0.25) is 14.6 Å². The Kier molecular flexibility index (Phi) is 6.15. The Morgan fingerprint density at radius 2 is 1.84 bits per heavy atom. The summed E-state index contributed by atoms with van der Waals surface area (Å²) in [6, 6.07) is 14.1. The van der Waals surface area contributed by atoms with E-state index in [4.69, 9.17) is 26.1 Å². The molecule has 1 aliphatic heterocycles. The molecule has 6 nitrogen and oxygen atoms in total. The standard InChI is InChI=1S/C25H23ClN2O4/c1-4-32-24(30)13-22-19-12-23(29)28(2)14-21(19)18-10-9-17(31-3)11-20(18)25(27-22)15-5-7-16(26)8-6-15/h5-12,14,22H,4,13H2,1-3H3. The molecule has 0 saturated carbocycles. The van der Waals surface area contributed by atoms with Crippen LogP contribution in [-0.4, -0.2) is 30.0 Å². The van der Waals surface area contributed by atoms with Crippen LogP contribution >= 0.6 is 11.6 Å². The topological polar surface area (TPSA) is 69.9 Å². The van der Waals surface area contributed by atoms with Crippen LogP contribution in [0.3, 0.4) is 0 Å². The maximum absolute atomic E-state index is 12.5. The highest BCUT2D eigenvalue weighted by atomic mass is 35.5. The Hall–Kier alpha value is -3.38. The van der Waals surface area contributed by atoms with Crippen LogP contribution in [0.2, 0.25) is 5.02 Å². The zero-order chi connectivity index (χ0) is 22.8. The van der Waals surface area contributed by atoms with E-state index in [9.17, 15) is 9.59 Å². The Balaban J connectivity index is 2.02. The van der Waals surface area contributed by atoms with E-state index in [0.717, 1.165) is 22.3 Å². The monoisotopic (exact) mass is 450 g/mol. The van der Waals surface area contributed by atoms with Crippen molar-refractivity contribution < 1.29 is 14.3 Å². The predicted octanol–water partition coefficient (Wildman–Crippen LogP) is 4.56. The van der Waals surface area contributed by atoms with E-state index in [1.807, 2.05) is 30.3 Å². The number of halogens is 1. The summed E-state index contributed by atoms with van der Waals surface area (Å²) in [5.41, 5.74) is 4.64. The van der Waals surface area contributed by atoms with E-state index >= 15 is 0 Å². The van der Waals surface area contributed by atoms with E-state index in [1.54, 1.807) is 45.5 Å². The van der Waals surface area contributed by atoms with Crippen LogP contribution in [-0.2, 0) is 16.6 Å². The molecule has 4 rings (SSSR count). The van der Waals surface area contributed by atoms with Crippen molar-refractivity contribution in [2.75, 3.05) is 13.7 Å². The van der Waals surface area contributed by atoms with Gasteiger partial charge in [-0.1, -0.05) is 23.7 Å². The summed E-state index contributed by atoms with van der Waals surface area (Å²) >= 11 is 6.11. The average molecular weight is 451 g/mol. The van der Waals surface area contributed by atoms with Crippen molar-refractivity contribution in [2.45, 2.75) is 19.4 Å². The molecule has 1 atom stereocenters. The van der Waals surface area contributed by atoms with E-state index in [-0.39, 0.29) is 24.6 Å². The van der Waals surface area contributed by atoms with Gasteiger partial charge in [-0.05, 0) is 48.4 Å². The second-order valence-corrected chi connectivity index (χ2v) is 7.95. The number of fused-ring (bicyclic) bond motifs is 3. The minimum absolute atomic E-state index is 0.0240. The lowest BCUT2D eigenvalue weighted by molar-refractivity contribution is -0.143. The molecule has 0 saturated heterocycles. The van der Waals surface area contributed by atoms with Gasteiger partial charge in [0.1, 0.15) is 5.75 Å². The molecule has 0 bridgehead atoms. The predicted molar refractivity (Wildman–Crippen MR) is 125 cm³/mol. The van der Waals surface area contributed by atoms with Crippen LogP contribution in [0.1, 0.15) is 36.1 Å². The van der Waals surface area contributed by atoms with Gasteiger partial charge < -0.3 is 14.0 Å². The highest BCUT2D eigenvalue weighted by molar-refractivity contribution is 6.30. The highest BCUT2D eigenvalue weighted by Crippen LogP contribution is 2.39. The fraction of sp³-hybridized carbons (Fsp3) is 0.240. The molecule has 0 N–H and O–H groups in total. The number of hydrogen-bond donors (Lipinski definition) is 0. The molecule has 2 heterocycles. The van der Waals surface area contributed by atoms with Gasteiger partial charge in [0, 0.05) is 41.0 Å². The van der Waals surface area contributed by atoms with Gasteiger partial charge >= 0.3 is 5.97 Å². The fourth-order valence-corrected chi connectivity index (χ4v) is 4.02. The number of aromatic nitrogens is 1. The molecular formula is C25H23ClN2O4. The van der Waals surface area contributed by atoms with E-state index in [0.29, 0.717) is 22.0 Å². The molecule has 1 aliphatic rings. The molecule has 0 aliphatic carbocycles. The van der Waals surface area contributed by atoms with Crippen molar-refractivity contribution in [1.82, 2.24) is 4.57 Å². The summed E-state index contributed by atoms with van der Waals surface area (Å²) in [7, 11) is 3.32. The molecule has 3 aromatic rings. The van der Waals surface area contributed by atoms with Gasteiger partial charge in [-0.15, -0.1) is 0 Å². The van der Waals surface area contributed by atoms with Crippen LogP contribution in [0.25, 0.3) is 11.1 Å². The van der Waals surface area contributed by atoms with Crippen molar-refractivity contribution in [3.63, 3.8) is 0 Å². The second-order valence-electron chi connectivity index (χ2n) is 7.51. The smallest absolute Gasteiger partial charge is 0.308 e. The lowest BCUT2D eigenvalue weighted by Crippen LogP contribution is -2.18. The first-order chi connectivity index (χ1) is 15.4. The number of aliphatic imine (C=N–C) groups is 1. The molecule has 164 valence electrons. The van der Waals surface area contributed by atoms with Gasteiger partial charge in [0.15, 0.2) is 0 Å². The van der Waals surface area contributed by atoms with Gasteiger partial charge in [-0.2, -0.15) is 0 Å². The van der Waals surface area contributed by atoms with Gasteiger partial charge in [-0.25, -0.2) is 0 Å². The summed E-state index contributed by atoms with van der Waals surface area (Å²) in [5, 5.41) is 0.614. The molecule has 1 aromatic heterocycles. The number of nitrogens with zero attached hydrogens (tertiary/aromatic N) is 2. The largest absolute Gasteiger partial charge is 0.497 e. The summed E-state index contributed by atoms with van der Waals surface area (Å²) in [5.74, 6) is 0.312. The van der Waals surface area contributed by atoms with Crippen molar-refractivity contribution >= 4 is 23.3 Å². The quantitative estimate of drug-likeness (QED) is 0.534. The number of ether oxygens (including phenoxy) is 2. The van der Waals surface area contributed by atoms with Crippen LogP contribution < -0.4 is 10.3 Å². The number of carbonyl (C=O) groups excluding carboxylic acids is 1. The first-order valence-electron chi connectivity index (χ1n) is 10.3. The molecule has 7 heteroatoms. The van der Waals surface area contributed by atoms with E-state index < -0.39 is 6.04 Å². The minimum atomic E-state index is -0.581. The Labute approximate surface area is 191 Å². The van der Waals surface area contributed by atoms with Crippen molar-refractivity contribution in [3.8, 4) is 16.9 Å². The minimum Gasteiger partial charge on any atom is -0.497 e. The molecule has 1 unspecified atom stereocenters. The molecule has 0 radical (unpaired) electrons.